The van der Waals surface area contributed by atoms with E-state index in [1.807, 2.05) is 0 Å². The number of carboxylic acids is 3. The standard InChI is InChI=1S/C15H23N3O8/c16-8(3-5-11(19)20)14(24)18-7-1-2-10(18)13(23)17-9(15(25)26)4-6-12(21)22/h8-10H,1-7,16H2,(H,17,23)(H,19,20)(H,21,22)(H,25,26)/t8-,9-,10-/m0/s1. The average molecular weight is 373 g/mol. The first-order chi connectivity index (χ1) is 12.1. The Morgan fingerprint density at radius 1 is 1.04 bits per heavy atom. The number of hydrogen-bond donors (Lipinski definition) is 5. The molecule has 1 aliphatic heterocycles. The van der Waals surface area contributed by atoms with Gasteiger partial charge in [0.1, 0.15) is 12.1 Å². The molecule has 1 aliphatic rings. The number of carbonyl (C=O) groups is 5. The number of nitrogens with one attached hydrogen (secondary N) is 1. The molecule has 2 amide bonds. The van der Waals surface area contributed by atoms with Crippen LogP contribution in [-0.2, 0) is 24.0 Å². The molecule has 0 aromatic heterocycles. The highest BCUT2D eigenvalue weighted by Gasteiger charge is 2.37. The van der Waals surface area contributed by atoms with Crippen molar-refractivity contribution in [2.45, 2.75) is 56.7 Å². The van der Waals surface area contributed by atoms with Gasteiger partial charge in [-0.1, -0.05) is 0 Å². The van der Waals surface area contributed by atoms with E-state index in [9.17, 15) is 24.0 Å². The van der Waals surface area contributed by atoms with Crippen molar-refractivity contribution in [2.24, 2.45) is 5.73 Å². The summed E-state index contributed by atoms with van der Waals surface area (Å²) in [5.74, 6) is -4.91. The Morgan fingerprint density at radius 2 is 1.62 bits per heavy atom. The lowest BCUT2D eigenvalue weighted by Gasteiger charge is -2.27. The number of nitrogens with zero attached hydrogens (tertiary/aromatic N) is 1. The lowest BCUT2D eigenvalue weighted by atomic mass is 10.1. The third kappa shape index (κ3) is 6.31. The maximum atomic E-state index is 12.4. The number of likely N-dealkylation sites (tertiary alicyclic amines) is 1. The number of nitrogens with two attached hydrogens (primary N) is 1. The molecule has 0 aromatic carbocycles. The van der Waals surface area contributed by atoms with E-state index < -0.39 is 54.3 Å². The van der Waals surface area contributed by atoms with Crippen LogP contribution >= 0.6 is 0 Å². The molecule has 0 unspecified atom stereocenters. The van der Waals surface area contributed by atoms with Gasteiger partial charge in [-0.25, -0.2) is 4.79 Å². The van der Waals surface area contributed by atoms with Gasteiger partial charge in [-0.2, -0.15) is 0 Å². The van der Waals surface area contributed by atoms with Crippen LogP contribution in [0.3, 0.4) is 0 Å². The van der Waals surface area contributed by atoms with Crippen LogP contribution in [0.15, 0.2) is 0 Å². The van der Waals surface area contributed by atoms with Crippen LogP contribution in [0.4, 0.5) is 0 Å². The molecule has 0 saturated carbocycles. The second-order valence-electron chi connectivity index (χ2n) is 6.06. The summed E-state index contributed by atoms with van der Waals surface area (Å²) < 4.78 is 0. The van der Waals surface area contributed by atoms with Gasteiger partial charge in [0.25, 0.3) is 0 Å². The van der Waals surface area contributed by atoms with Crippen LogP contribution in [0.2, 0.25) is 0 Å². The number of carbonyl (C=O) groups excluding carboxylic acids is 2. The van der Waals surface area contributed by atoms with Crippen molar-refractivity contribution < 1.29 is 39.3 Å². The first kappa shape index (κ1) is 21.4. The highest BCUT2D eigenvalue weighted by molar-refractivity contribution is 5.92. The molecule has 0 aromatic rings. The fourth-order valence-corrected chi connectivity index (χ4v) is 2.71. The number of amides is 2. The monoisotopic (exact) mass is 373 g/mol. The van der Waals surface area contributed by atoms with Crippen LogP contribution < -0.4 is 11.1 Å². The SMILES string of the molecule is N[C@@H](CCC(=O)O)C(=O)N1CCC[C@H]1C(=O)N[C@@H](CCC(=O)O)C(=O)O. The van der Waals surface area contributed by atoms with Crippen LogP contribution in [0.25, 0.3) is 0 Å². The smallest absolute Gasteiger partial charge is 0.326 e. The Hall–Kier alpha value is -2.69. The lowest BCUT2D eigenvalue weighted by Crippen LogP contribution is -2.54. The molecule has 6 N–H and O–H groups in total. The maximum Gasteiger partial charge on any atom is 0.326 e. The van der Waals surface area contributed by atoms with Crippen molar-refractivity contribution in [3.63, 3.8) is 0 Å². The molecule has 1 rings (SSSR count). The van der Waals surface area contributed by atoms with E-state index in [2.05, 4.69) is 5.32 Å². The molecule has 0 radical (unpaired) electrons. The highest BCUT2D eigenvalue weighted by atomic mass is 16.4. The Morgan fingerprint density at radius 3 is 2.15 bits per heavy atom. The van der Waals surface area contributed by atoms with Crippen LogP contribution in [0.1, 0.15) is 38.5 Å². The molecule has 1 fully saturated rings. The number of carboxylic acid groups (broad SMARTS) is 3. The second-order valence-corrected chi connectivity index (χ2v) is 6.06. The zero-order valence-corrected chi connectivity index (χ0v) is 14.1. The predicted octanol–water partition coefficient (Wildman–Crippen LogP) is -1.40. The van der Waals surface area contributed by atoms with Crippen LogP contribution in [-0.4, -0.2) is 74.6 Å². The Labute approximate surface area is 149 Å². The van der Waals surface area contributed by atoms with Crippen molar-refractivity contribution in [1.82, 2.24) is 10.2 Å². The largest absolute Gasteiger partial charge is 0.481 e. The molecule has 1 saturated heterocycles. The molecular weight excluding hydrogens is 350 g/mol. The second kappa shape index (κ2) is 9.70. The summed E-state index contributed by atoms with van der Waals surface area (Å²) in [6, 6.07) is -3.36. The molecule has 1 heterocycles. The van der Waals surface area contributed by atoms with Crippen molar-refractivity contribution >= 4 is 29.7 Å². The summed E-state index contributed by atoms with van der Waals surface area (Å²) >= 11 is 0. The van der Waals surface area contributed by atoms with E-state index in [1.165, 1.54) is 4.90 Å². The first-order valence-corrected chi connectivity index (χ1v) is 8.16. The molecule has 11 nitrogen and oxygen atoms in total. The van der Waals surface area contributed by atoms with E-state index in [0.29, 0.717) is 12.8 Å². The normalized spacial score (nSPS) is 18.8. The predicted molar refractivity (Wildman–Crippen MR) is 86.0 cm³/mol. The third-order valence-electron chi connectivity index (χ3n) is 4.09. The molecule has 0 spiro atoms. The summed E-state index contributed by atoms with van der Waals surface area (Å²) in [4.78, 5) is 58.2. The van der Waals surface area contributed by atoms with Gasteiger partial charge in [-0.05, 0) is 25.7 Å². The Kier molecular flexibility index (Phi) is 7.97. The number of rotatable bonds is 10. The molecule has 0 aliphatic carbocycles. The summed E-state index contributed by atoms with van der Waals surface area (Å²) in [5.41, 5.74) is 5.69. The fraction of sp³-hybridized carbons (Fsp3) is 0.667. The fourth-order valence-electron chi connectivity index (χ4n) is 2.71. The van der Waals surface area contributed by atoms with E-state index in [-0.39, 0.29) is 25.8 Å². The molecule has 0 bridgehead atoms. The minimum absolute atomic E-state index is 0.0740. The topological polar surface area (TPSA) is 187 Å². The zero-order valence-electron chi connectivity index (χ0n) is 14.1. The maximum absolute atomic E-state index is 12.4. The quantitative estimate of drug-likeness (QED) is 0.307. The van der Waals surface area contributed by atoms with Gasteiger partial charge in [0.2, 0.25) is 11.8 Å². The third-order valence-corrected chi connectivity index (χ3v) is 4.09. The number of aliphatic carboxylic acids is 3. The summed E-state index contributed by atoms with van der Waals surface area (Å²) in [5, 5.41) is 28.6. The minimum atomic E-state index is -1.38. The van der Waals surface area contributed by atoms with Crippen molar-refractivity contribution in [3.8, 4) is 0 Å². The van der Waals surface area contributed by atoms with Gasteiger partial charge in [-0.15, -0.1) is 0 Å². The van der Waals surface area contributed by atoms with E-state index in [4.69, 9.17) is 21.1 Å². The van der Waals surface area contributed by atoms with Gasteiger partial charge < -0.3 is 31.3 Å². The molecule has 26 heavy (non-hydrogen) atoms. The first-order valence-electron chi connectivity index (χ1n) is 8.16. The zero-order chi connectivity index (χ0) is 19.9. The summed E-state index contributed by atoms with van der Waals surface area (Å²) in [6.07, 6.45) is -0.236. The van der Waals surface area contributed by atoms with Gasteiger partial charge in [0, 0.05) is 19.4 Å². The van der Waals surface area contributed by atoms with Gasteiger partial charge >= 0.3 is 17.9 Å². The molecular formula is C15H23N3O8. The number of hydrogen-bond acceptors (Lipinski definition) is 6. The molecule has 146 valence electrons. The van der Waals surface area contributed by atoms with E-state index >= 15 is 0 Å². The Balaban J connectivity index is 2.71. The Bertz CT molecular complexity index is 579. The van der Waals surface area contributed by atoms with E-state index in [0.717, 1.165) is 0 Å². The van der Waals surface area contributed by atoms with Gasteiger partial charge in [-0.3, -0.25) is 19.2 Å². The lowest BCUT2D eigenvalue weighted by molar-refractivity contribution is -0.144. The van der Waals surface area contributed by atoms with E-state index in [1.54, 1.807) is 0 Å². The highest BCUT2D eigenvalue weighted by Crippen LogP contribution is 2.19. The average Bonchev–Trinajstić information content (AvgIpc) is 3.04. The van der Waals surface area contributed by atoms with Crippen LogP contribution in [0, 0.1) is 0 Å². The molecule has 3 atom stereocenters. The summed E-state index contributed by atoms with van der Waals surface area (Å²) in [6.45, 7) is 0.255. The van der Waals surface area contributed by atoms with Gasteiger partial charge in [0.05, 0.1) is 6.04 Å². The van der Waals surface area contributed by atoms with Gasteiger partial charge in [0.15, 0.2) is 0 Å². The van der Waals surface area contributed by atoms with Crippen LogP contribution in [0.5, 0.6) is 0 Å². The van der Waals surface area contributed by atoms with Crippen molar-refractivity contribution in [3.05, 3.63) is 0 Å². The van der Waals surface area contributed by atoms with Crippen molar-refractivity contribution in [1.29, 1.82) is 0 Å². The molecule has 11 heteroatoms. The van der Waals surface area contributed by atoms with Crippen molar-refractivity contribution in [2.75, 3.05) is 6.54 Å². The minimum Gasteiger partial charge on any atom is -0.481 e. The summed E-state index contributed by atoms with van der Waals surface area (Å²) in [7, 11) is 0.